The van der Waals surface area contributed by atoms with Gasteiger partial charge in [0.2, 0.25) is 0 Å². The Morgan fingerprint density at radius 2 is 2.25 bits per heavy atom. The van der Waals surface area contributed by atoms with Gasteiger partial charge in [-0.05, 0) is 13.8 Å². The van der Waals surface area contributed by atoms with Crippen molar-refractivity contribution in [2.75, 3.05) is 0 Å². The van der Waals surface area contributed by atoms with Crippen LogP contribution in [0.2, 0.25) is 0 Å². The first-order chi connectivity index (χ1) is 5.46. The highest BCUT2D eigenvalue weighted by Crippen LogP contribution is 2.23. The van der Waals surface area contributed by atoms with Gasteiger partial charge < -0.3 is 4.57 Å². The van der Waals surface area contributed by atoms with Crippen LogP contribution in [0.3, 0.4) is 0 Å². The molecule has 0 amide bonds. The van der Waals surface area contributed by atoms with Gasteiger partial charge in [-0.25, -0.2) is 9.37 Å². The quantitative estimate of drug-likeness (QED) is 0.629. The van der Waals surface area contributed by atoms with Crippen molar-refractivity contribution in [3.05, 3.63) is 17.7 Å². The lowest BCUT2D eigenvalue weighted by Crippen LogP contribution is -2.15. The summed E-state index contributed by atoms with van der Waals surface area (Å²) in [6.07, 6.45) is 1.99. The molecule has 0 bridgehead atoms. The van der Waals surface area contributed by atoms with Crippen LogP contribution < -0.4 is 0 Å². The Morgan fingerprint density at radius 3 is 2.50 bits per heavy atom. The molecule has 0 N–H and O–H groups in total. The first-order valence-electron chi connectivity index (χ1n) is 3.63. The Bertz CT molecular complexity index is 298. The Labute approximate surface area is 70.2 Å². The summed E-state index contributed by atoms with van der Waals surface area (Å²) < 4.78 is 14.8. The van der Waals surface area contributed by atoms with Crippen molar-refractivity contribution in [2.45, 2.75) is 19.5 Å². The molecule has 0 spiro atoms. The van der Waals surface area contributed by atoms with Gasteiger partial charge in [0, 0.05) is 7.05 Å². The van der Waals surface area contributed by atoms with E-state index in [1.807, 2.05) is 0 Å². The third-order valence-electron chi connectivity index (χ3n) is 1.74. The molecule has 12 heavy (non-hydrogen) atoms. The van der Waals surface area contributed by atoms with Gasteiger partial charge >= 0.3 is 0 Å². The molecule has 0 aromatic carbocycles. The monoisotopic (exact) mass is 170 g/mol. The largest absolute Gasteiger partial charge is 0.326 e. The van der Waals surface area contributed by atoms with Crippen molar-refractivity contribution in [2.24, 2.45) is 7.05 Å². The number of aldehydes is 1. The lowest BCUT2D eigenvalue weighted by atomic mass is 10.1. The van der Waals surface area contributed by atoms with E-state index in [4.69, 9.17) is 0 Å². The van der Waals surface area contributed by atoms with Crippen LogP contribution in [-0.4, -0.2) is 15.8 Å². The number of halogens is 1. The minimum Gasteiger partial charge on any atom is -0.326 e. The predicted octanol–water partition coefficient (Wildman–Crippen LogP) is 1.44. The Morgan fingerprint density at radius 1 is 1.67 bits per heavy atom. The molecule has 0 fully saturated rings. The lowest BCUT2D eigenvalue weighted by Gasteiger charge is -2.14. The fourth-order valence-electron chi connectivity index (χ4n) is 1.09. The van der Waals surface area contributed by atoms with Crippen molar-refractivity contribution >= 4 is 6.29 Å². The molecule has 1 rings (SSSR count). The number of carbonyl (C=O) groups excluding carboxylic acids is 1. The molecule has 0 aliphatic heterocycles. The van der Waals surface area contributed by atoms with E-state index in [2.05, 4.69) is 4.98 Å². The maximum absolute atomic E-state index is 13.4. The molecule has 0 aliphatic carbocycles. The molecule has 1 heterocycles. The van der Waals surface area contributed by atoms with E-state index in [9.17, 15) is 9.18 Å². The molecule has 1 aromatic heterocycles. The second-order valence-electron chi connectivity index (χ2n) is 3.15. The van der Waals surface area contributed by atoms with Crippen LogP contribution in [0.15, 0.2) is 6.20 Å². The average molecular weight is 170 g/mol. The van der Waals surface area contributed by atoms with Crippen molar-refractivity contribution in [3.63, 3.8) is 0 Å². The molecular weight excluding hydrogens is 159 g/mol. The highest BCUT2D eigenvalue weighted by Gasteiger charge is 2.23. The van der Waals surface area contributed by atoms with Gasteiger partial charge in [-0.15, -0.1) is 0 Å². The second kappa shape index (κ2) is 2.69. The summed E-state index contributed by atoms with van der Waals surface area (Å²) in [5.74, 6) is 0.246. The van der Waals surface area contributed by atoms with E-state index >= 15 is 0 Å². The van der Waals surface area contributed by atoms with Gasteiger partial charge in [-0.2, -0.15) is 0 Å². The van der Waals surface area contributed by atoms with Crippen LogP contribution in [0.4, 0.5) is 4.39 Å². The molecule has 0 atom stereocenters. The lowest BCUT2D eigenvalue weighted by molar-refractivity contribution is 0.111. The highest BCUT2D eigenvalue weighted by molar-refractivity contribution is 5.69. The molecule has 0 saturated heterocycles. The highest BCUT2D eigenvalue weighted by atomic mass is 19.1. The topological polar surface area (TPSA) is 34.9 Å². The van der Waals surface area contributed by atoms with E-state index in [1.165, 1.54) is 24.6 Å². The van der Waals surface area contributed by atoms with E-state index < -0.39 is 5.67 Å². The summed E-state index contributed by atoms with van der Waals surface area (Å²) in [5.41, 5.74) is -1.05. The van der Waals surface area contributed by atoms with E-state index in [-0.39, 0.29) is 5.82 Å². The van der Waals surface area contributed by atoms with E-state index in [1.54, 1.807) is 7.05 Å². The maximum Gasteiger partial charge on any atom is 0.185 e. The van der Waals surface area contributed by atoms with Gasteiger partial charge in [0.1, 0.15) is 5.67 Å². The smallest absolute Gasteiger partial charge is 0.185 e. The molecule has 0 aliphatic rings. The van der Waals surface area contributed by atoms with Crippen molar-refractivity contribution in [3.8, 4) is 0 Å². The molecule has 0 unspecified atom stereocenters. The Hall–Kier alpha value is -1.19. The first kappa shape index (κ1) is 8.90. The van der Waals surface area contributed by atoms with Gasteiger partial charge in [0.05, 0.1) is 11.9 Å². The van der Waals surface area contributed by atoms with Gasteiger partial charge in [0.25, 0.3) is 0 Å². The fraction of sp³-hybridized carbons (Fsp3) is 0.500. The molecule has 0 saturated carbocycles. The van der Waals surface area contributed by atoms with Gasteiger partial charge in [-0.1, -0.05) is 0 Å². The number of imidazole rings is 1. The minimum atomic E-state index is -1.46. The van der Waals surface area contributed by atoms with E-state index in [0.717, 1.165) is 0 Å². The molecule has 0 radical (unpaired) electrons. The molecule has 1 aromatic rings. The van der Waals surface area contributed by atoms with Crippen LogP contribution in [0.1, 0.15) is 30.2 Å². The zero-order valence-corrected chi connectivity index (χ0v) is 7.34. The molecular formula is C8H11FN2O. The normalized spacial score (nSPS) is 11.7. The average Bonchev–Trinajstić information content (AvgIpc) is 2.29. The summed E-state index contributed by atoms with van der Waals surface area (Å²) >= 11 is 0. The third-order valence-corrected chi connectivity index (χ3v) is 1.74. The second-order valence-corrected chi connectivity index (χ2v) is 3.15. The van der Waals surface area contributed by atoms with Gasteiger partial charge in [-0.3, -0.25) is 4.79 Å². The van der Waals surface area contributed by atoms with Crippen LogP contribution in [0, 0.1) is 0 Å². The summed E-state index contributed by atoms with van der Waals surface area (Å²) in [6.45, 7) is 2.86. The van der Waals surface area contributed by atoms with Crippen LogP contribution in [-0.2, 0) is 12.7 Å². The standard InChI is InChI=1S/C8H11FN2O/c1-8(2,9)6-4-10-7(5-12)11(6)3/h4-5H,1-3H3. The van der Waals surface area contributed by atoms with Crippen molar-refractivity contribution < 1.29 is 9.18 Å². The number of nitrogens with zero attached hydrogens (tertiary/aromatic N) is 2. The fourth-order valence-corrected chi connectivity index (χ4v) is 1.09. The van der Waals surface area contributed by atoms with Crippen molar-refractivity contribution in [1.82, 2.24) is 9.55 Å². The van der Waals surface area contributed by atoms with E-state index in [0.29, 0.717) is 12.0 Å². The SMILES string of the molecule is Cn1c(C(C)(C)F)cnc1C=O. The number of hydrogen-bond donors (Lipinski definition) is 0. The number of alkyl halides is 1. The Kier molecular flexibility index (Phi) is 2.00. The molecule has 3 nitrogen and oxygen atoms in total. The van der Waals surface area contributed by atoms with Crippen LogP contribution in [0.5, 0.6) is 0 Å². The summed E-state index contributed by atoms with van der Waals surface area (Å²) in [5, 5.41) is 0. The Balaban J connectivity index is 3.19. The predicted molar refractivity (Wildman–Crippen MR) is 42.7 cm³/mol. The molecule has 4 heteroatoms. The van der Waals surface area contributed by atoms with Crippen molar-refractivity contribution in [1.29, 1.82) is 0 Å². The first-order valence-corrected chi connectivity index (χ1v) is 3.63. The zero-order chi connectivity index (χ0) is 9.35. The number of hydrogen-bond acceptors (Lipinski definition) is 2. The van der Waals surface area contributed by atoms with Gasteiger partial charge in [0.15, 0.2) is 12.1 Å². The minimum absolute atomic E-state index is 0.246. The zero-order valence-electron chi connectivity index (χ0n) is 7.34. The van der Waals surface area contributed by atoms with Crippen LogP contribution in [0.25, 0.3) is 0 Å². The summed E-state index contributed by atoms with van der Waals surface area (Å²) in [4.78, 5) is 14.1. The number of aromatic nitrogens is 2. The third kappa shape index (κ3) is 1.37. The molecule has 66 valence electrons. The number of carbonyl (C=O) groups is 1. The maximum atomic E-state index is 13.4. The summed E-state index contributed by atoms with van der Waals surface area (Å²) in [7, 11) is 1.62. The summed E-state index contributed by atoms with van der Waals surface area (Å²) in [6, 6.07) is 0. The number of rotatable bonds is 2. The van der Waals surface area contributed by atoms with Crippen LogP contribution >= 0.6 is 0 Å².